The van der Waals surface area contributed by atoms with Gasteiger partial charge in [-0.15, -0.1) is 11.3 Å². The Morgan fingerprint density at radius 3 is 2.48 bits per heavy atom. The molecule has 1 unspecified atom stereocenters. The number of amides is 2. The molecule has 1 atom stereocenters. The van der Waals surface area contributed by atoms with Gasteiger partial charge in [0.2, 0.25) is 5.91 Å². The molecule has 0 saturated carbocycles. The molecule has 2 rings (SSSR count). The van der Waals surface area contributed by atoms with Crippen LogP contribution in [0.1, 0.15) is 34.9 Å². The molecule has 0 saturated heterocycles. The summed E-state index contributed by atoms with van der Waals surface area (Å²) in [6.45, 7) is 6.10. The lowest BCUT2D eigenvalue weighted by Gasteiger charge is -2.21. The number of hydrogen-bond donors (Lipinski definition) is 2. The lowest BCUT2D eigenvalue weighted by atomic mass is 10.0. The van der Waals surface area contributed by atoms with Crippen LogP contribution in [-0.4, -0.2) is 22.8 Å². The number of nitrogens with zero attached hydrogens (tertiary/aromatic N) is 1. The van der Waals surface area contributed by atoms with Crippen molar-refractivity contribution in [2.45, 2.75) is 33.4 Å². The molecule has 6 heteroatoms. The van der Waals surface area contributed by atoms with Crippen LogP contribution in [0.5, 0.6) is 0 Å². The molecule has 0 fully saturated rings. The average molecular weight is 331 g/mol. The molecule has 0 bridgehead atoms. The van der Waals surface area contributed by atoms with Crippen molar-refractivity contribution in [3.63, 3.8) is 0 Å². The summed E-state index contributed by atoms with van der Waals surface area (Å²) in [5.74, 6) is -0.456. The summed E-state index contributed by atoms with van der Waals surface area (Å²) in [5, 5.41) is 8.45. The van der Waals surface area contributed by atoms with Crippen molar-refractivity contribution >= 4 is 23.2 Å². The van der Waals surface area contributed by atoms with Crippen molar-refractivity contribution in [2.75, 3.05) is 0 Å². The number of hydrogen-bond acceptors (Lipinski definition) is 4. The Hall–Kier alpha value is -2.21. The van der Waals surface area contributed by atoms with Crippen molar-refractivity contribution in [3.8, 4) is 0 Å². The highest BCUT2D eigenvalue weighted by Gasteiger charge is 2.24. The van der Waals surface area contributed by atoms with Crippen LogP contribution in [0.25, 0.3) is 0 Å². The lowest BCUT2D eigenvalue weighted by molar-refractivity contribution is -0.124. The van der Waals surface area contributed by atoms with Gasteiger partial charge < -0.3 is 10.6 Å². The fraction of sp³-hybridized carbons (Fsp3) is 0.353. The molecule has 1 heterocycles. The number of rotatable bonds is 6. The Morgan fingerprint density at radius 1 is 1.22 bits per heavy atom. The number of carbonyl (C=O) groups is 2. The fourth-order valence-electron chi connectivity index (χ4n) is 2.11. The molecule has 0 aliphatic carbocycles. The SMILES string of the molecule is Cc1csc(CNC(=O)C(NC(=O)c2ccccc2)C(C)C)n1. The van der Waals surface area contributed by atoms with Gasteiger partial charge in [-0.25, -0.2) is 4.98 Å². The Morgan fingerprint density at radius 2 is 1.91 bits per heavy atom. The van der Waals surface area contributed by atoms with Crippen molar-refractivity contribution in [3.05, 3.63) is 52.0 Å². The summed E-state index contributed by atoms with van der Waals surface area (Å²) in [6.07, 6.45) is 0. The Labute approximate surface area is 140 Å². The molecule has 0 radical (unpaired) electrons. The summed E-state index contributed by atoms with van der Waals surface area (Å²) in [6, 6.07) is 8.31. The Balaban J connectivity index is 1.97. The van der Waals surface area contributed by atoms with E-state index in [1.165, 1.54) is 11.3 Å². The van der Waals surface area contributed by atoms with E-state index in [9.17, 15) is 9.59 Å². The smallest absolute Gasteiger partial charge is 0.251 e. The third-order valence-electron chi connectivity index (χ3n) is 3.35. The molecule has 122 valence electrons. The predicted octanol–water partition coefficient (Wildman–Crippen LogP) is 2.52. The first kappa shape index (κ1) is 17.1. The van der Waals surface area contributed by atoms with E-state index in [-0.39, 0.29) is 17.7 Å². The normalized spacial score (nSPS) is 12.0. The van der Waals surface area contributed by atoms with Gasteiger partial charge in [0.1, 0.15) is 11.0 Å². The first-order chi connectivity index (χ1) is 11.0. The molecule has 5 nitrogen and oxygen atoms in total. The largest absolute Gasteiger partial charge is 0.348 e. The monoisotopic (exact) mass is 331 g/mol. The van der Waals surface area contributed by atoms with Gasteiger partial charge in [-0.05, 0) is 25.0 Å². The zero-order valence-electron chi connectivity index (χ0n) is 13.5. The van der Waals surface area contributed by atoms with Gasteiger partial charge >= 0.3 is 0 Å². The van der Waals surface area contributed by atoms with Gasteiger partial charge in [-0.2, -0.15) is 0 Å². The summed E-state index contributed by atoms with van der Waals surface area (Å²) in [5.41, 5.74) is 1.48. The molecule has 0 aliphatic rings. The standard InChI is InChI=1S/C17H21N3O2S/c1-11(2)15(20-16(21)13-7-5-4-6-8-13)17(22)18-9-14-19-12(3)10-23-14/h4-8,10-11,15H,9H2,1-3H3,(H,18,22)(H,20,21). The Bertz CT molecular complexity index is 667. The first-order valence-corrected chi connectivity index (χ1v) is 8.40. The summed E-state index contributed by atoms with van der Waals surface area (Å²) in [4.78, 5) is 28.9. The zero-order chi connectivity index (χ0) is 16.8. The second-order valence-electron chi connectivity index (χ2n) is 5.66. The van der Waals surface area contributed by atoms with E-state index in [1.54, 1.807) is 24.3 Å². The van der Waals surface area contributed by atoms with Crippen LogP contribution in [0.3, 0.4) is 0 Å². The molecule has 2 N–H and O–H groups in total. The van der Waals surface area contributed by atoms with Gasteiger partial charge in [-0.1, -0.05) is 32.0 Å². The Kier molecular flexibility index (Phi) is 5.87. The van der Waals surface area contributed by atoms with E-state index < -0.39 is 6.04 Å². The molecular formula is C17H21N3O2S. The number of carbonyl (C=O) groups excluding carboxylic acids is 2. The van der Waals surface area contributed by atoms with E-state index >= 15 is 0 Å². The number of nitrogens with one attached hydrogen (secondary N) is 2. The van der Waals surface area contributed by atoms with Crippen LogP contribution in [0.15, 0.2) is 35.7 Å². The van der Waals surface area contributed by atoms with E-state index in [4.69, 9.17) is 0 Å². The fourth-order valence-corrected chi connectivity index (χ4v) is 2.82. The van der Waals surface area contributed by atoms with Gasteiger partial charge in [-0.3, -0.25) is 9.59 Å². The highest BCUT2D eigenvalue weighted by Crippen LogP contribution is 2.09. The van der Waals surface area contributed by atoms with E-state index in [0.29, 0.717) is 12.1 Å². The molecule has 0 aliphatic heterocycles. The van der Waals surface area contributed by atoms with Gasteiger partial charge in [0.25, 0.3) is 5.91 Å². The van der Waals surface area contributed by atoms with Crippen molar-refractivity contribution < 1.29 is 9.59 Å². The van der Waals surface area contributed by atoms with Crippen molar-refractivity contribution in [1.29, 1.82) is 0 Å². The molecular weight excluding hydrogens is 310 g/mol. The second-order valence-corrected chi connectivity index (χ2v) is 6.60. The average Bonchev–Trinajstić information content (AvgIpc) is 2.96. The van der Waals surface area contributed by atoms with Crippen molar-refractivity contribution in [1.82, 2.24) is 15.6 Å². The molecule has 0 spiro atoms. The van der Waals surface area contributed by atoms with Crippen LogP contribution >= 0.6 is 11.3 Å². The molecule has 2 amide bonds. The van der Waals surface area contributed by atoms with E-state index in [0.717, 1.165) is 10.7 Å². The van der Waals surface area contributed by atoms with Crippen LogP contribution in [0.2, 0.25) is 0 Å². The van der Waals surface area contributed by atoms with E-state index in [1.807, 2.05) is 32.2 Å². The van der Waals surface area contributed by atoms with Gasteiger partial charge in [0, 0.05) is 16.6 Å². The quantitative estimate of drug-likeness (QED) is 0.854. The maximum absolute atomic E-state index is 12.4. The van der Waals surface area contributed by atoms with Crippen molar-refractivity contribution in [2.24, 2.45) is 5.92 Å². The third-order valence-corrected chi connectivity index (χ3v) is 4.32. The lowest BCUT2D eigenvalue weighted by Crippen LogP contribution is -2.49. The minimum absolute atomic E-state index is 0.0132. The minimum Gasteiger partial charge on any atom is -0.348 e. The second kappa shape index (κ2) is 7.87. The van der Waals surface area contributed by atoms with Crippen LogP contribution < -0.4 is 10.6 Å². The first-order valence-electron chi connectivity index (χ1n) is 7.52. The molecule has 1 aromatic carbocycles. The van der Waals surface area contributed by atoms with Crippen LogP contribution in [0.4, 0.5) is 0 Å². The highest BCUT2D eigenvalue weighted by atomic mass is 32.1. The minimum atomic E-state index is -0.580. The summed E-state index contributed by atoms with van der Waals surface area (Å²) >= 11 is 1.51. The molecule has 23 heavy (non-hydrogen) atoms. The maximum Gasteiger partial charge on any atom is 0.251 e. The predicted molar refractivity (Wildman–Crippen MR) is 91.2 cm³/mol. The topological polar surface area (TPSA) is 71.1 Å². The van der Waals surface area contributed by atoms with Crippen LogP contribution in [0, 0.1) is 12.8 Å². The highest BCUT2D eigenvalue weighted by molar-refractivity contribution is 7.09. The molecule has 1 aromatic heterocycles. The van der Waals surface area contributed by atoms with Crippen LogP contribution in [-0.2, 0) is 11.3 Å². The number of thiazole rings is 1. The number of aromatic nitrogens is 1. The third kappa shape index (κ3) is 4.89. The summed E-state index contributed by atoms with van der Waals surface area (Å²) < 4.78 is 0. The van der Waals surface area contributed by atoms with Gasteiger partial charge in [0.05, 0.1) is 6.54 Å². The van der Waals surface area contributed by atoms with E-state index in [2.05, 4.69) is 15.6 Å². The van der Waals surface area contributed by atoms with Gasteiger partial charge in [0.15, 0.2) is 0 Å². The maximum atomic E-state index is 12.4. The summed E-state index contributed by atoms with van der Waals surface area (Å²) in [7, 11) is 0. The zero-order valence-corrected chi connectivity index (χ0v) is 14.3. The molecule has 2 aromatic rings. The number of aryl methyl sites for hydroxylation is 1. The number of benzene rings is 1.